The van der Waals surface area contributed by atoms with Crippen LogP contribution in [0.3, 0.4) is 0 Å². The largest absolute Gasteiger partial charge is 0.469 e. The molecule has 1 heterocycles. The summed E-state index contributed by atoms with van der Waals surface area (Å²) in [6.07, 6.45) is 4.31. The van der Waals surface area contributed by atoms with Crippen molar-refractivity contribution in [3.8, 4) is 0 Å². The average Bonchev–Trinajstić information content (AvgIpc) is 2.98. The van der Waals surface area contributed by atoms with Gasteiger partial charge in [0.25, 0.3) is 0 Å². The maximum Gasteiger partial charge on any atom is 0.311 e. The third-order valence-electron chi connectivity index (χ3n) is 3.92. The lowest BCUT2D eigenvalue weighted by molar-refractivity contribution is -0.158. The number of hydrogen-bond donors (Lipinski definition) is 0. The molecule has 0 bridgehead atoms. The molecule has 0 N–H and O–H groups in total. The van der Waals surface area contributed by atoms with E-state index in [4.69, 9.17) is 9.47 Å². The molecule has 1 saturated carbocycles. The predicted molar refractivity (Wildman–Crippen MR) is 61.0 cm³/mol. The molecule has 2 aliphatic rings. The van der Waals surface area contributed by atoms with Gasteiger partial charge in [-0.15, -0.1) is 0 Å². The van der Waals surface area contributed by atoms with E-state index >= 15 is 0 Å². The molecule has 2 fully saturated rings. The molecule has 0 aromatic heterocycles. The van der Waals surface area contributed by atoms with Crippen LogP contribution in [0.1, 0.15) is 39.5 Å². The van der Waals surface area contributed by atoms with E-state index in [1.54, 1.807) is 0 Å². The fraction of sp³-hybridized carbons (Fsp3) is 0.923. The molecule has 3 heteroatoms. The van der Waals surface area contributed by atoms with Gasteiger partial charge in [0.05, 0.1) is 25.2 Å². The van der Waals surface area contributed by atoms with E-state index in [1.165, 1.54) is 13.5 Å². The molecular weight excluding hydrogens is 204 g/mol. The third kappa shape index (κ3) is 2.40. The quantitative estimate of drug-likeness (QED) is 0.548. The summed E-state index contributed by atoms with van der Waals surface area (Å²) in [6.45, 7) is 5.30. The Labute approximate surface area is 97.5 Å². The van der Waals surface area contributed by atoms with Crippen LogP contribution in [0.5, 0.6) is 0 Å². The molecule has 3 unspecified atom stereocenters. The van der Waals surface area contributed by atoms with Gasteiger partial charge in [-0.3, -0.25) is 4.79 Å². The van der Waals surface area contributed by atoms with Crippen LogP contribution in [0, 0.1) is 17.3 Å². The van der Waals surface area contributed by atoms with Crippen molar-refractivity contribution < 1.29 is 14.3 Å². The van der Waals surface area contributed by atoms with Crippen LogP contribution >= 0.6 is 0 Å². The second-order valence-corrected chi connectivity index (χ2v) is 5.79. The minimum Gasteiger partial charge on any atom is -0.469 e. The van der Waals surface area contributed by atoms with Gasteiger partial charge in [0, 0.05) is 0 Å². The number of ether oxygens (including phenoxy) is 2. The summed E-state index contributed by atoms with van der Waals surface area (Å²) in [5.74, 6) is 1.20. The Morgan fingerprint density at radius 1 is 1.38 bits per heavy atom. The van der Waals surface area contributed by atoms with Gasteiger partial charge in [0.1, 0.15) is 0 Å². The van der Waals surface area contributed by atoms with Gasteiger partial charge >= 0.3 is 5.97 Å². The van der Waals surface area contributed by atoms with E-state index in [-0.39, 0.29) is 11.4 Å². The Morgan fingerprint density at radius 3 is 2.38 bits per heavy atom. The normalized spacial score (nSPS) is 42.8. The first-order valence-corrected chi connectivity index (χ1v) is 6.26. The smallest absolute Gasteiger partial charge is 0.311 e. The summed E-state index contributed by atoms with van der Waals surface area (Å²) in [7, 11) is 1.50. The van der Waals surface area contributed by atoms with Gasteiger partial charge in [-0.2, -0.15) is 0 Å². The summed E-state index contributed by atoms with van der Waals surface area (Å²) in [6, 6.07) is 0. The zero-order valence-electron chi connectivity index (χ0n) is 10.5. The fourth-order valence-electron chi connectivity index (χ4n) is 3.53. The van der Waals surface area contributed by atoms with Crippen molar-refractivity contribution in [3.63, 3.8) is 0 Å². The number of esters is 1. The van der Waals surface area contributed by atoms with Crippen molar-refractivity contribution in [1.29, 1.82) is 0 Å². The zero-order chi connectivity index (χ0) is 11.8. The minimum atomic E-state index is -0.271. The van der Waals surface area contributed by atoms with Crippen LogP contribution in [-0.2, 0) is 14.3 Å². The topological polar surface area (TPSA) is 38.8 Å². The van der Waals surface area contributed by atoms with E-state index in [2.05, 4.69) is 13.8 Å². The minimum absolute atomic E-state index is 0.0265. The lowest BCUT2D eigenvalue weighted by atomic mass is 9.64. The molecule has 1 saturated heterocycles. The van der Waals surface area contributed by atoms with E-state index in [1.807, 2.05) is 0 Å². The van der Waals surface area contributed by atoms with Crippen LogP contribution in [0.2, 0.25) is 0 Å². The summed E-state index contributed by atoms with van der Waals surface area (Å²) in [5, 5.41) is 0. The highest BCUT2D eigenvalue weighted by molar-refractivity contribution is 5.77. The molecule has 0 spiro atoms. The zero-order valence-corrected chi connectivity index (χ0v) is 10.5. The second-order valence-electron chi connectivity index (χ2n) is 5.79. The van der Waals surface area contributed by atoms with Gasteiger partial charge < -0.3 is 9.47 Å². The molecule has 0 amide bonds. The van der Waals surface area contributed by atoms with Crippen LogP contribution in [-0.4, -0.2) is 25.8 Å². The summed E-state index contributed by atoms with van der Waals surface area (Å²) in [4.78, 5) is 12.1. The molecule has 0 aromatic carbocycles. The number of epoxide rings is 1. The van der Waals surface area contributed by atoms with Gasteiger partial charge in [-0.25, -0.2) is 0 Å². The first-order chi connectivity index (χ1) is 7.55. The Hall–Kier alpha value is -0.570. The highest BCUT2D eigenvalue weighted by Gasteiger charge is 2.48. The van der Waals surface area contributed by atoms with Gasteiger partial charge in [-0.1, -0.05) is 13.8 Å². The summed E-state index contributed by atoms with van der Waals surface area (Å²) in [5.41, 5.74) is -0.271. The molecule has 3 nitrogen and oxygen atoms in total. The maximum absolute atomic E-state index is 12.1. The number of hydrogen-bond acceptors (Lipinski definition) is 3. The highest BCUT2D eigenvalue weighted by atomic mass is 16.6. The number of rotatable bonds is 3. The summed E-state index contributed by atoms with van der Waals surface area (Å²) >= 11 is 0. The monoisotopic (exact) mass is 226 g/mol. The van der Waals surface area contributed by atoms with E-state index in [9.17, 15) is 4.79 Å². The molecule has 0 radical (unpaired) electrons. The van der Waals surface area contributed by atoms with E-state index in [0.717, 1.165) is 25.9 Å². The van der Waals surface area contributed by atoms with Crippen molar-refractivity contribution in [3.05, 3.63) is 0 Å². The van der Waals surface area contributed by atoms with Crippen molar-refractivity contribution in [2.45, 2.75) is 45.6 Å². The molecule has 1 aliphatic carbocycles. The molecule has 1 aliphatic heterocycles. The second kappa shape index (κ2) is 4.36. The lowest BCUT2D eigenvalue weighted by Crippen LogP contribution is -2.40. The molecule has 2 rings (SSSR count). The predicted octanol–water partition coefficient (Wildman–Crippen LogP) is 2.39. The first-order valence-electron chi connectivity index (χ1n) is 6.26. The van der Waals surface area contributed by atoms with Crippen molar-refractivity contribution in [2.75, 3.05) is 13.7 Å². The van der Waals surface area contributed by atoms with Crippen molar-refractivity contribution in [1.82, 2.24) is 0 Å². The van der Waals surface area contributed by atoms with Crippen LogP contribution in [0.15, 0.2) is 0 Å². The number of carbonyl (C=O) groups excluding carboxylic acids is 1. The SMILES string of the molecule is COC(=O)C1(CC2CO2)CC(C)CC(C)C1. The van der Waals surface area contributed by atoms with Gasteiger partial charge in [0.2, 0.25) is 0 Å². The van der Waals surface area contributed by atoms with E-state index < -0.39 is 0 Å². The van der Waals surface area contributed by atoms with Gasteiger partial charge in [-0.05, 0) is 37.5 Å². The third-order valence-corrected chi connectivity index (χ3v) is 3.92. The molecule has 16 heavy (non-hydrogen) atoms. The standard InChI is InChI=1S/C13H22O3/c1-9-4-10(2)6-13(5-9,12(14)15-3)7-11-8-16-11/h9-11H,4-8H2,1-3H3. The van der Waals surface area contributed by atoms with Crippen LogP contribution < -0.4 is 0 Å². The Kier molecular flexibility index (Phi) is 3.24. The van der Waals surface area contributed by atoms with E-state index in [0.29, 0.717) is 17.9 Å². The van der Waals surface area contributed by atoms with Crippen molar-refractivity contribution in [2.24, 2.45) is 17.3 Å². The first kappa shape index (κ1) is 11.9. The number of methoxy groups -OCH3 is 1. The van der Waals surface area contributed by atoms with Crippen LogP contribution in [0.4, 0.5) is 0 Å². The fourth-order valence-corrected chi connectivity index (χ4v) is 3.53. The Morgan fingerprint density at radius 2 is 1.94 bits per heavy atom. The Balaban J connectivity index is 2.14. The lowest BCUT2D eigenvalue weighted by Gasteiger charge is -2.40. The Bertz CT molecular complexity index is 255. The maximum atomic E-state index is 12.1. The molecular formula is C13H22O3. The summed E-state index contributed by atoms with van der Waals surface area (Å²) < 4.78 is 10.3. The average molecular weight is 226 g/mol. The molecule has 0 aromatic rings. The number of carbonyl (C=O) groups is 1. The molecule has 92 valence electrons. The van der Waals surface area contributed by atoms with Crippen LogP contribution in [0.25, 0.3) is 0 Å². The van der Waals surface area contributed by atoms with Crippen molar-refractivity contribution >= 4 is 5.97 Å². The highest BCUT2D eigenvalue weighted by Crippen LogP contribution is 2.47. The van der Waals surface area contributed by atoms with Gasteiger partial charge in [0.15, 0.2) is 0 Å². The molecule has 3 atom stereocenters.